The Kier molecular flexibility index (Phi) is 6.09. The molecule has 4 rings (SSSR count). The van der Waals surface area contributed by atoms with Crippen molar-refractivity contribution >= 4 is 17.9 Å². The Balaban J connectivity index is 1.26. The smallest absolute Gasteiger partial charge is 0.251 e. The number of carbonyl (C=O) groups excluding carboxylic acids is 2. The van der Waals surface area contributed by atoms with E-state index in [4.69, 9.17) is 0 Å². The number of nitrogens with one attached hydrogen (secondary N) is 1. The molecule has 1 aliphatic rings. The number of piperidine rings is 1. The molecule has 3 aromatic rings. The van der Waals surface area contributed by atoms with Gasteiger partial charge in [0.1, 0.15) is 0 Å². The van der Waals surface area contributed by atoms with E-state index in [1.165, 1.54) is 0 Å². The first-order chi connectivity index (χ1) is 14.7. The summed E-state index contributed by atoms with van der Waals surface area (Å²) >= 11 is 0. The molecule has 2 aromatic carbocycles. The van der Waals surface area contributed by atoms with Crippen LogP contribution in [0.15, 0.2) is 85.2 Å². The molecule has 1 saturated heterocycles. The minimum Gasteiger partial charge on any atom is -0.349 e. The van der Waals surface area contributed by atoms with Gasteiger partial charge in [-0.3, -0.25) is 9.59 Å². The minimum atomic E-state index is -0.0668. The normalized spacial score (nSPS) is 14.7. The van der Waals surface area contributed by atoms with Crippen LogP contribution in [0.5, 0.6) is 0 Å². The third-order valence-corrected chi connectivity index (χ3v) is 5.39. The molecule has 1 fully saturated rings. The second-order valence-electron chi connectivity index (χ2n) is 7.45. The highest BCUT2D eigenvalue weighted by atomic mass is 16.2. The van der Waals surface area contributed by atoms with Gasteiger partial charge in [-0.25, -0.2) is 0 Å². The first kappa shape index (κ1) is 19.7. The standard InChI is InChI=1S/C25H25N3O2/c29-24(13-8-20-6-2-1-3-7-20)28-18-14-22(15-19-28)26-25(30)21-9-11-23(12-10-21)27-16-4-5-17-27/h1-13,16-17,22H,14-15,18-19H2,(H,26,30)/b13-8+. The van der Waals surface area contributed by atoms with Gasteiger partial charge in [-0.1, -0.05) is 30.3 Å². The fraction of sp³-hybridized carbons (Fsp3) is 0.200. The van der Waals surface area contributed by atoms with Crippen molar-refractivity contribution in [2.24, 2.45) is 0 Å². The van der Waals surface area contributed by atoms with Gasteiger partial charge in [0.05, 0.1) is 0 Å². The van der Waals surface area contributed by atoms with Crippen molar-refractivity contribution in [3.63, 3.8) is 0 Å². The first-order valence-electron chi connectivity index (χ1n) is 10.3. The number of carbonyl (C=O) groups is 2. The van der Waals surface area contributed by atoms with Gasteiger partial charge < -0.3 is 14.8 Å². The van der Waals surface area contributed by atoms with Gasteiger partial charge in [-0.15, -0.1) is 0 Å². The van der Waals surface area contributed by atoms with Crippen molar-refractivity contribution in [3.8, 4) is 5.69 Å². The number of hydrogen-bond acceptors (Lipinski definition) is 2. The molecule has 30 heavy (non-hydrogen) atoms. The highest BCUT2D eigenvalue weighted by Gasteiger charge is 2.23. The third kappa shape index (κ3) is 4.87. The molecule has 1 aliphatic heterocycles. The molecule has 152 valence electrons. The van der Waals surface area contributed by atoms with Gasteiger partial charge in [-0.2, -0.15) is 0 Å². The Morgan fingerprint density at radius 2 is 1.53 bits per heavy atom. The molecule has 1 N–H and O–H groups in total. The molecule has 5 heteroatoms. The topological polar surface area (TPSA) is 54.3 Å². The third-order valence-electron chi connectivity index (χ3n) is 5.39. The molecule has 0 atom stereocenters. The number of likely N-dealkylation sites (tertiary alicyclic amines) is 1. The van der Waals surface area contributed by atoms with E-state index in [2.05, 4.69) is 5.32 Å². The van der Waals surface area contributed by atoms with Gasteiger partial charge in [0.25, 0.3) is 5.91 Å². The number of hydrogen-bond donors (Lipinski definition) is 1. The summed E-state index contributed by atoms with van der Waals surface area (Å²) in [5.74, 6) is -0.0490. The Morgan fingerprint density at radius 1 is 0.867 bits per heavy atom. The van der Waals surface area contributed by atoms with Crippen molar-refractivity contribution in [1.29, 1.82) is 0 Å². The van der Waals surface area contributed by atoms with Crippen molar-refractivity contribution in [2.45, 2.75) is 18.9 Å². The van der Waals surface area contributed by atoms with E-state index < -0.39 is 0 Å². The van der Waals surface area contributed by atoms with Crippen molar-refractivity contribution in [2.75, 3.05) is 13.1 Å². The highest BCUT2D eigenvalue weighted by Crippen LogP contribution is 2.14. The zero-order chi connectivity index (χ0) is 20.8. The van der Waals surface area contributed by atoms with Crippen LogP contribution < -0.4 is 5.32 Å². The second-order valence-corrected chi connectivity index (χ2v) is 7.45. The second kappa shape index (κ2) is 9.27. The van der Waals surface area contributed by atoms with Crippen molar-refractivity contribution in [3.05, 3.63) is 96.3 Å². The molecule has 5 nitrogen and oxygen atoms in total. The van der Waals surface area contributed by atoms with Gasteiger partial charge >= 0.3 is 0 Å². The summed E-state index contributed by atoms with van der Waals surface area (Å²) in [5, 5.41) is 3.10. The van der Waals surface area contributed by atoms with Crippen LogP contribution >= 0.6 is 0 Å². The van der Waals surface area contributed by atoms with Gasteiger partial charge in [0.2, 0.25) is 5.91 Å². The summed E-state index contributed by atoms with van der Waals surface area (Å²) in [6.07, 6.45) is 8.93. The average Bonchev–Trinajstić information content (AvgIpc) is 3.34. The maximum Gasteiger partial charge on any atom is 0.251 e. The average molecular weight is 399 g/mol. The Hall–Kier alpha value is -3.60. The summed E-state index contributed by atoms with van der Waals surface area (Å²) in [5.41, 5.74) is 2.68. The monoisotopic (exact) mass is 399 g/mol. The van der Waals surface area contributed by atoms with Crippen LogP contribution in [0.3, 0.4) is 0 Å². The predicted octanol–water partition coefficient (Wildman–Crippen LogP) is 3.91. The van der Waals surface area contributed by atoms with Gasteiger partial charge in [0, 0.05) is 48.9 Å². The lowest BCUT2D eigenvalue weighted by Crippen LogP contribution is -2.46. The molecular formula is C25H25N3O2. The van der Waals surface area contributed by atoms with Crippen LogP contribution in [0.4, 0.5) is 0 Å². The number of nitrogens with zero attached hydrogens (tertiary/aromatic N) is 2. The van der Waals surface area contributed by atoms with Crippen LogP contribution in [0.1, 0.15) is 28.8 Å². The van der Waals surface area contributed by atoms with Gasteiger partial charge in [0.15, 0.2) is 0 Å². The Morgan fingerprint density at radius 3 is 2.20 bits per heavy atom. The molecule has 0 saturated carbocycles. The molecule has 2 amide bonds. The lowest BCUT2D eigenvalue weighted by molar-refractivity contribution is -0.126. The Labute approximate surface area is 176 Å². The molecular weight excluding hydrogens is 374 g/mol. The number of amides is 2. The lowest BCUT2D eigenvalue weighted by atomic mass is 10.0. The Bertz CT molecular complexity index is 1000. The van der Waals surface area contributed by atoms with Crippen LogP contribution in [0, 0.1) is 0 Å². The molecule has 0 aliphatic carbocycles. The fourth-order valence-corrected chi connectivity index (χ4v) is 3.64. The molecule has 2 heterocycles. The van der Waals surface area contributed by atoms with E-state index in [-0.39, 0.29) is 17.9 Å². The molecule has 1 aromatic heterocycles. The molecule has 0 spiro atoms. The number of rotatable bonds is 5. The number of aromatic nitrogens is 1. The summed E-state index contributed by atoms with van der Waals surface area (Å²) in [4.78, 5) is 26.8. The highest BCUT2D eigenvalue weighted by molar-refractivity contribution is 5.94. The quantitative estimate of drug-likeness (QED) is 0.662. The van der Waals surface area contributed by atoms with Crippen LogP contribution in [-0.2, 0) is 4.79 Å². The molecule has 0 radical (unpaired) electrons. The molecule has 0 bridgehead atoms. The predicted molar refractivity (Wildman–Crippen MR) is 118 cm³/mol. The summed E-state index contributed by atoms with van der Waals surface area (Å²) in [6, 6.07) is 21.4. The van der Waals surface area contributed by atoms with Crippen molar-refractivity contribution < 1.29 is 9.59 Å². The van der Waals surface area contributed by atoms with E-state index in [0.29, 0.717) is 18.7 Å². The van der Waals surface area contributed by atoms with E-state index in [1.54, 1.807) is 6.08 Å². The van der Waals surface area contributed by atoms with Crippen LogP contribution in [0.2, 0.25) is 0 Å². The summed E-state index contributed by atoms with van der Waals surface area (Å²) in [7, 11) is 0. The lowest BCUT2D eigenvalue weighted by Gasteiger charge is -2.31. The zero-order valence-corrected chi connectivity index (χ0v) is 16.8. The zero-order valence-electron chi connectivity index (χ0n) is 16.8. The largest absolute Gasteiger partial charge is 0.349 e. The first-order valence-corrected chi connectivity index (χ1v) is 10.3. The van der Waals surface area contributed by atoms with E-state index in [0.717, 1.165) is 24.1 Å². The van der Waals surface area contributed by atoms with E-state index in [9.17, 15) is 9.59 Å². The van der Waals surface area contributed by atoms with Crippen molar-refractivity contribution in [1.82, 2.24) is 14.8 Å². The fourth-order valence-electron chi connectivity index (χ4n) is 3.64. The van der Waals surface area contributed by atoms with Crippen LogP contribution in [-0.4, -0.2) is 40.4 Å². The van der Waals surface area contributed by atoms with Gasteiger partial charge in [-0.05, 0) is 60.9 Å². The maximum atomic E-state index is 12.6. The van der Waals surface area contributed by atoms with Crippen LogP contribution in [0.25, 0.3) is 11.8 Å². The SMILES string of the molecule is O=C(NC1CCN(C(=O)/C=C/c2ccccc2)CC1)c1ccc(-n2cccc2)cc1. The maximum absolute atomic E-state index is 12.6. The summed E-state index contributed by atoms with van der Waals surface area (Å²) in [6.45, 7) is 1.30. The number of benzene rings is 2. The van der Waals surface area contributed by atoms with E-state index >= 15 is 0 Å². The molecule has 0 unspecified atom stereocenters. The van der Waals surface area contributed by atoms with E-state index in [1.807, 2.05) is 94.7 Å². The minimum absolute atomic E-state index is 0.0178. The summed E-state index contributed by atoms with van der Waals surface area (Å²) < 4.78 is 2.00.